The number of carbonyl (C=O) groups is 2. The Hall–Kier alpha value is -2.89. The number of hydrogen-bond acceptors (Lipinski definition) is 7. The molecule has 0 spiro atoms. The van der Waals surface area contributed by atoms with E-state index in [1.54, 1.807) is 18.2 Å². The summed E-state index contributed by atoms with van der Waals surface area (Å²) < 4.78 is 14.9. The number of nitrogens with zero attached hydrogens (tertiary/aromatic N) is 4. The molecule has 156 valence electrons. The van der Waals surface area contributed by atoms with Gasteiger partial charge in [-0.05, 0) is 42.3 Å². The Morgan fingerprint density at radius 1 is 1.17 bits per heavy atom. The molecule has 30 heavy (non-hydrogen) atoms. The minimum Gasteiger partial charge on any atom is -0.593 e. The van der Waals surface area contributed by atoms with Gasteiger partial charge < -0.3 is 9.87 Å². The second-order valence-electron chi connectivity index (χ2n) is 6.30. The molecule has 9 nitrogen and oxygen atoms in total. The van der Waals surface area contributed by atoms with Gasteiger partial charge >= 0.3 is 0 Å². The summed E-state index contributed by atoms with van der Waals surface area (Å²) in [5.41, 5.74) is 1.81. The number of pyridine rings is 1. The van der Waals surface area contributed by atoms with Gasteiger partial charge in [0.15, 0.2) is 11.6 Å². The number of carbonyl (C=O) groups excluding carboxylic acids is 2. The molecule has 0 fully saturated rings. The van der Waals surface area contributed by atoms with Gasteiger partial charge in [-0.1, -0.05) is 6.92 Å². The predicted octanol–water partition coefficient (Wildman–Crippen LogP) is 1.47. The van der Waals surface area contributed by atoms with Gasteiger partial charge in [0.2, 0.25) is 0 Å². The van der Waals surface area contributed by atoms with Crippen LogP contribution in [0.1, 0.15) is 39.0 Å². The third-order valence-electron chi connectivity index (χ3n) is 4.14. The molecule has 2 heterocycles. The summed E-state index contributed by atoms with van der Waals surface area (Å²) in [4.78, 5) is 33.5. The first-order chi connectivity index (χ1) is 14.4. The van der Waals surface area contributed by atoms with Gasteiger partial charge in [0, 0.05) is 16.7 Å². The largest absolute Gasteiger partial charge is 0.593 e. The van der Waals surface area contributed by atoms with Crippen LogP contribution < -0.4 is 10.0 Å². The highest BCUT2D eigenvalue weighted by Crippen LogP contribution is 2.15. The van der Waals surface area contributed by atoms with Crippen LogP contribution in [-0.4, -0.2) is 42.4 Å². The van der Waals surface area contributed by atoms with Gasteiger partial charge in [-0.15, -0.1) is 12.6 Å². The van der Waals surface area contributed by atoms with E-state index in [0.717, 1.165) is 16.9 Å². The monoisotopic (exact) mass is 444 g/mol. The minimum absolute atomic E-state index is 0.135. The van der Waals surface area contributed by atoms with Gasteiger partial charge in [-0.2, -0.15) is 14.5 Å². The zero-order valence-electron chi connectivity index (χ0n) is 16.3. The van der Waals surface area contributed by atoms with Crippen molar-refractivity contribution in [3.8, 4) is 5.82 Å². The maximum atomic E-state index is 12.5. The first kappa shape index (κ1) is 21.8. The zero-order chi connectivity index (χ0) is 21.7. The number of hydrogen-bond donors (Lipinski definition) is 3. The third-order valence-corrected chi connectivity index (χ3v) is 4.87. The molecule has 3 rings (SSSR count). The van der Waals surface area contributed by atoms with Crippen molar-refractivity contribution in [2.75, 3.05) is 6.26 Å². The normalized spacial score (nSPS) is 11.7. The standard InChI is InChI=1S/C19H20N6O3S2/c1-3-12-6-14(8-15(29)7-12)18(26)21-10-17-22-11-23-25(17)16-5-4-13(9-20-16)19(27)24-30(2)28/h4-9,11,29H,3,10H2,1-2H3,(H,21,26)(H,24,27). The van der Waals surface area contributed by atoms with Crippen molar-refractivity contribution < 1.29 is 14.1 Å². The summed E-state index contributed by atoms with van der Waals surface area (Å²) in [6, 6.07) is 8.58. The Bertz CT molecular complexity index is 1050. The SMILES string of the molecule is CCc1cc(S)cc(C(=O)NCc2ncnn2-c2ccc(C(=O)N[S+](C)[O-])cn2)c1. The lowest BCUT2D eigenvalue weighted by Crippen LogP contribution is -2.29. The van der Waals surface area contributed by atoms with Crippen LogP contribution in [-0.2, 0) is 24.3 Å². The topological polar surface area (TPSA) is 125 Å². The number of benzene rings is 1. The zero-order valence-corrected chi connectivity index (χ0v) is 18.0. The van der Waals surface area contributed by atoms with Crippen LogP contribution >= 0.6 is 12.6 Å². The van der Waals surface area contributed by atoms with Crippen molar-refractivity contribution in [2.45, 2.75) is 24.8 Å². The lowest BCUT2D eigenvalue weighted by molar-refractivity contribution is 0.0947. The van der Waals surface area contributed by atoms with E-state index in [2.05, 4.69) is 37.7 Å². The fourth-order valence-corrected chi connectivity index (χ4v) is 3.37. The number of amides is 2. The van der Waals surface area contributed by atoms with Crippen molar-refractivity contribution in [1.29, 1.82) is 0 Å². The fourth-order valence-electron chi connectivity index (χ4n) is 2.68. The van der Waals surface area contributed by atoms with Gasteiger partial charge in [0.25, 0.3) is 11.8 Å². The highest BCUT2D eigenvalue weighted by Gasteiger charge is 2.14. The Labute approximate surface area is 182 Å². The number of aryl methyl sites for hydroxylation is 1. The molecule has 2 aromatic heterocycles. The van der Waals surface area contributed by atoms with Gasteiger partial charge in [-0.3, -0.25) is 9.59 Å². The van der Waals surface area contributed by atoms with Crippen LogP contribution in [0.15, 0.2) is 47.8 Å². The van der Waals surface area contributed by atoms with Crippen molar-refractivity contribution in [3.63, 3.8) is 0 Å². The molecule has 0 aliphatic heterocycles. The number of thiol groups is 1. The Morgan fingerprint density at radius 2 is 1.97 bits per heavy atom. The van der Waals surface area contributed by atoms with Crippen LogP contribution in [0.3, 0.4) is 0 Å². The van der Waals surface area contributed by atoms with E-state index in [-0.39, 0.29) is 18.0 Å². The molecule has 2 amide bonds. The van der Waals surface area contributed by atoms with Crippen LogP contribution in [0.2, 0.25) is 0 Å². The first-order valence-corrected chi connectivity index (χ1v) is 11.0. The molecule has 0 saturated carbocycles. The average Bonchev–Trinajstić information content (AvgIpc) is 3.19. The number of aromatic nitrogens is 4. The van der Waals surface area contributed by atoms with Crippen molar-refractivity contribution in [1.82, 2.24) is 29.8 Å². The smallest absolute Gasteiger partial charge is 0.293 e. The molecule has 3 aromatic rings. The van der Waals surface area contributed by atoms with E-state index in [0.29, 0.717) is 17.2 Å². The highest BCUT2D eigenvalue weighted by atomic mass is 32.2. The summed E-state index contributed by atoms with van der Waals surface area (Å²) >= 11 is 2.88. The quantitative estimate of drug-likeness (QED) is 0.374. The molecule has 0 bridgehead atoms. The van der Waals surface area contributed by atoms with E-state index >= 15 is 0 Å². The molecule has 1 unspecified atom stereocenters. The molecule has 0 aliphatic carbocycles. The maximum absolute atomic E-state index is 12.5. The van der Waals surface area contributed by atoms with Crippen LogP contribution in [0.4, 0.5) is 0 Å². The van der Waals surface area contributed by atoms with E-state index in [1.165, 1.54) is 23.5 Å². The summed E-state index contributed by atoms with van der Waals surface area (Å²) in [5, 5.41) is 6.95. The van der Waals surface area contributed by atoms with E-state index in [9.17, 15) is 14.1 Å². The van der Waals surface area contributed by atoms with Crippen molar-refractivity contribution >= 4 is 35.8 Å². The molecule has 1 aromatic carbocycles. The molecule has 1 atom stereocenters. The van der Waals surface area contributed by atoms with E-state index in [4.69, 9.17) is 0 Å². The number of nitrogens with one attached hydrogen (secondary N) is 2. The second-order valence-corrected chi connectivity index (χ2v) is 7.93. The van der Waals surface area contributed by atoms with Crippen LogP contribution in [0, 0.1) is 0 Å². The second kappa shape index (κ2) is 9.74. The van der Waals surface area contributed by atoms with Crippen molar-refractivity contribution in [2.24, 2.45) is 0 Å². The molecule has 11 heteroatoms. The summed E-state index contributed by atoms with van der Waals surface area (Å²) in [7, 11) is 0. The Morgan fingerprint density at radius 3 is 2.63 bits per heavy atom. The molecule has 2 N–H and O–H groups in total. The van der Waals surface area contributed by atoms with Crippen LogP contribution in [0.25, 0.3) is 5.82 Å². The fraction of sp³-hybridized carbons (Fsp3) is 0.211. The molecule has 0 radical (unpaired) electrons. The maximum Gasteiger partial charge on any atom is 0.293 e. The number of rotatable bonds is 7. The molecular weight excluding hydrogens is 424 g/mol. The van der Waals surface area contributed by atoms with Crippen molar-refractivity contribution in [3.05, 3.63) is 65.4 Å². The van der Waals surface area contributed by atoms with Gasteiger partial charge in [-0.25, -0.2) is 9.97 Å². The summed E-state index contributed by atoms with van der Waals surface area (Å²) in [5.74, 6) is 0.165. The molecule has 0 saturated heterocycles. The third kappa shape index (κ3) is 5.38. The Kier molecular flexibility index (Phi) is 7.08. The molecule has 0 aliphatic rings. The highest BCUT2D eigenvalue weighted by molar-refractivity contribution is 7.89. The summed E-state index contributed by atoms with van der Waals surface area (Å²) in [6.07, 6.45) is 4.88. The predicted molar refractivity (Wildman–Crippen MR) is 115 cm³/mol. The average molecular weight is 445 g/mol. The van der Waals surface area contributed by atoms with E-state index < -0.39 is 17.3 Å². The van der Waals surface area contributed by atoms with Crippen LogP contribution in [0.5, 0.6) is 0 Å². The first-order valence-electron chi connectivity index (χ1n) is 8.98. The van der Waals surface area contributed by atoms with Gasteiger partial charge in [0.05, 0.1) is 23.5 Å². The van der Waals surface area contributed by atoms with E-state index in [1.807, 2.05) is 19.1 Å². The molecular formula is C19H20N6O3S2. The lowest BCUT2D eigenvalue weighted by atomic mass is 10.1. The lowest BCUT2D eigenvalue weighted by Gasteiger charge is -2.09. The van der Waals surface area contributed by atoms with Gasteiger partial charge in [0.1, 0.15) is 12.6 Å². The minimum atomic E-state index is -1.46. The summed E-state index contributed by atoms with van der Waals surface area (Å²) in [6.45, 7) is 2.14. The Balaban J connectivity index is 1.71.